The SMILES string of the molecule is CCS(=O)(=O)Nc1ccc2c(c1)c1c(CC(=O)Nc3c(Cl)cncc3Cl)ccc(OC)c1n2C. The van der Waals surface area contributed by atoms with Crippen molar-refractivity contribution in [2.24, 2.45) is 7.05 Å². The molecule has 4 aromatic rings. The number of rotatable bonds is 7. The molecule has 34 heavy (non-hydrogen) atoms. The fourth-order valence-electron chi connectivity index (χ4n) is 3.91. The van der Waals surface area contributed by atoms with Gasteiger partial charge in [0.25, 0.3) is 0 Å². The molecule has 178 valence electrons. The number of amides is 1. The second-order valence-corrected chi connectivity index (χ2v) is 10.5. The molecular weight excluding hydrogens is 499 g/mol. The van der Waals surface area contributed by atoms with Crippen LogP contribution < -0.4 is 14.8 Å². The third-order valence-corrected chi connectivity index (χ3v) is 7.41. The Balaban J connectivity index is 1.83. The zero-order valence-corrected chi connectivity index (χ0v) is 21.0. The maximum absolute atomic E-state index is 12.9. The van der Waals surface area contributed by atoms with E-state index in [2.05, 4.69) is 15.0 Å². The van der Waals surface area contributed by atoms with Crippen LogP contribution in [0, 0.1) is 0 Å². The quantitative estimate of drug-likeness (QED) is 0.357. The Morgan fingerprint density at radius 2 is 1.85 bits per heavy atom. The number of fused-ring (bicyclic) bond motifs is 3. The van der Waals surface area contributed by atoms with Crippen molar-refractivity contribution in [3.63, 3.8) is 0 Å². The van der Waals surface area contributed by atoms with Crippen molar-refractivity contribution >= 4 is 72.3 Å². The van der Waals surface area contributed by atoms with Crippen LogP contribution in [0.15, 0.2) is 42.7 Å². The maximum atomic E-state index is 12.9. The number of aryl methyl sites for hydroxylation is 1. The van der Waals surface area contributed by atoms with Gasteiger partial charge in [-0.05, 0) is 36.8 Å². The van der Waals surface area contributed by atoms with E-state index in [0.717, 1.165) is 27.4 Å². The summed E-state index contributed by atoms with van der Waals surface area (Å²) in [6, 6.07) is 8.93. The van der Waals surface area contributed by atoms with Gasteiger partial charge in [0.05, 0.1) is 40.5 Å². The van der Waals surface area contributed by atoms with Gasteiger partial charge >= 0.3 is 0 Å². The third-order valence-electron chi connectivity index (χ3n) is 5.53. The van der Waals surface area contributed by atoms with E-state index in [4.69, 9.17) is 27.9 Å². The van der Waals surface area contributed by atoms with Gasteiger partial charge in [0.15, 0.2) is 0 Å². The van der Waals surface area contributed by atoms with E-state index < -0.39 is 10.0 Å². The first-order chi connectivity index (χ1) is 16.1. The third kappa shape index (κ3) is 4.51. The van der Waals surface area contributed by atoms with E-state index in [1.807, 2.05) is 23.7 Å². The minimum Gasteiger partial charge on any atom is -0.495 e. The molecule has 0 saturated carbocycles. The summed E-state index contributed by atoms with van der Waals surface area (Å²) in [5.41, 5.74) is 3.12. The Morgan fingerprint density at radius 1 is 1.15 bits per heavy atom. The molecule has 2 aromatic heterocycles. The van der Waals surface area contributed by atoms with Crippen molar-refractivity contribution < 1.29 is 17.9 Å². The molecule has 0 spiro atoms. The highest BCUT2D eigenvalue weighted by atomic mass is 35.5. The molecule has 0 saturated heterocycles. The van der Waals surface area contributed by atoms with E-state index in [1.165, 1.54) is 12.4 Å². The Kier molecular flexibility index (Phi) is 6.62. The smallest absolute Gasteiger partial charge is 0.232 e. The Morgan fingerprint density at radius 3 is 2.50 bits per heavy atom. The number of nitrogens with zero attached hydrogens (tertiary/aromatic N) is 2. The van der Waals surface area contributed by atoms with Gasteiger partial charge in [0.2, 0.25) is 15.9 Å². The monoisotopic (exact) mass is 520 g/mol. The number of pyridine rings is 1. The van der Waals surface area contributed by atoms with E-state index in [0.29, 0.717) is 17.1 Å². The number of hydrogen-bond acceptors (Lipinski definition) is 5. The van der Waals surface area contributed by atoms with Crippen LogP contribution in [0.2, 0.25) is 10.0 Å². The summed E-state index contributed by atoms with van der Waals surface area (Å²) in [5.74, 6) is 0.273. The number of anilines is 2. The van der Waals surface area contributed by atoms with Crippen LogP contribution in [0.1, 0.15) is 12.5 Å². The highest BCUT2D eigenvalue weighted by Crippen LogP contribution is 2.38. The van der Waals surface area contributed by atoms with E-state index in [1.54, 1.807) is 32.2 Å². The number of carbonyl (C=O) groups excluding carboxylic acids is 1. The van der Waals surface area contributed by atoms with Gasteiger partial charge in [0.1, 0.15) is 5.75 Å². The normalized spacial score (nSPS) is 11.7. The molecule has 0 radical (unpaired) electrons. The minimum atomic E-state index is -3.45. The lowest BCUT2D eigenvalue weighted by Gasteiger charge is -2.11. The summed E-state index contributed by atoms with van der Waals surface area (Å²) in [6.07, 6.45) is 2.83. The first-order valence-electron chi connectivity index (χ1n) is 10.3. The van der Waals surface area contributed by atoms with E-state index >= 15 is 0 Å². The molecule has 0 aliphatic carbocycles. The van der Waals surface area contributed by atoms with Gasteiger partial charge in [-0.2, -0.15) is 0 Å². The van der Waals surface area contributed by atoms with Gasteiger partial charge in [-0.25, -0.2) is 8.42 Å². The number of ether oxygens (including phenoxy) is 1. The van der Waals surface area contributed by atoms with Gasteiger partial charge in [-0.15, -0.1) is 0 Å². The number of methoxy groups -OCH3 is 1. The molecule has 2 aromatic carbocycles. The van der Waals surface area contributed by atoms with Crippen LogP contribution in [0.25, 0.3) is 21.8 Å². The molecular formula is C23H22Cl2N4O4S. The summed E-state index contributed by atoms with van der Waals surface area (Å²) >= 11 is 12.3. The molecule has 0 atom stereocenters. The average Bonchev–Trinajstić information content (AvgIpc) is 3.09. The van der Waals surface area contributed by atoms with E-state index in [-0.39, 0.29) is 28.1 Å². The molecule has 11 heteroatoms. The van der Waals surface area contributed by atoms with Crippen LogP contribution >= 0.6 is 23.2 Å². The second-order valence-electron chi connectivity index (χ2n) is 7.65. The molecule has 0 aliphatic heterocycles. The number of sulfonamides is 1. The first kappa shape index (κ1) is 24.1. The predicted octanol–water partition coefficient (Wildman–Crippen LogP) is 4.98. The molecule has 1 amide bonds. The van der Waals surface area contributed by atoms with Crippen LogP contribution in [0.5, 0.6) is 5.75 Å². The first-order valence-corrected chi connectivity index (χ1v) is 12.7. The molecule has 8 nitrogen and oxygen atoms in total. The van der Waals surface area contributed by atoms with Crippen LogP contribution in [-0.2, 0) is 28.3 Å². The van der Waals surface area contributed by atoms with Gasteiger partial charge < -0.3 is 14.6 Å². The number of benzene rings is 2. The Labute approximate surface area is 206 Å². The van der Waals surface area contributed by atoms with Crippen molar-refractivity contribution in [2.45, 2.75) is 13.3 Å². The topological polar surface area (TPSA) is 102 Å². The number of carbonyl (C=O) groups is 1. The molecule has 0 fully saturated rings. The maximum Gasteiger partial charge on any atom is 0.232 e. The lowest BCUT2D eigenvalue weighted by molar-refractivity contribution is -0.115. The summed E-state index contributed by atoms with van der Waals surface area (Å²) in [6.45, 7) is 1.57. The standard InChI is InChI=1S/C23H22Cl2N4O4S/c1-4-34(31,32)28-14-6-7-18-15(10-14)21-13(5-8-19(33-3)23(21)29(18)2)9-20(30)27-22-16(24)11-26-12-17(22)25/h5-8,10-12,28H,4,9H2,1-3H3,(H,26,27,30). The minimum absolute atomic E-state index is 0.0273. The van der Waals surface area contributed by atoms with Gasteiger partial charge in [0, 0.05) is 41.4 Å². The fourth-order valence-corrected chi connectivity index (χ4v) is 5.00. The molecule has 0 aliphatic rings. The van der Waals surface area contributed by atoms with Crippen LogP contribution in [0.4, 0.5) is 11.4 Å². The zero-order valence-electron chi connectivity index (χ0n) is 18.6. The fraction of sp³-hybridized carbons (Fsp3) is 0.217. The van der Waals surface area contributed by atoms with Crippen molar-refractivity contribution in [2.75, 3.05) is 22.9 Å². The Hall–Kier alpha value is -3.01. The molecule has 2 heterocycles. The number of nitrogens with one attached hydrogen (secondary N) is 2. The molecule has 2 N–H and O–H groups in total. The highest BCUT2D eigenvalue weighted by molar-refractivity contribution is 7.92. The van der Waals surface area contributed by atoms with Gasteiger partial charge in [-0.1, -0.05) is 29.3 Å². The number of hydrogen-bond donors (Lipinski definition) is 2. The second kappa shape index (κ2) is 9.32. The number of halogens is 2. The number of aromatic nitrogens is 2. The highest BCUT2D eigenvalue weighted by Gasteiger charge is 2.20. The van der Waals surface area contributed by atoms with Crippen LogP contribution in [0.3, 0.4) is 0 Å². The molecule has 4 rings (SSSR count). The summed E-state index contributed by atoms with van der Waals surface area (Å²) in [4.78, 5) is 16.8. The lowest BCUT2D eigenvalue weighted by Crippen LogP contribution is -2.15. The summed E-state index contributed by atoms with van der Waals surface area (Å²) in [5, 5.41) is 4.80. The van der Waals surface area contributed by atoms with E-state index in [9.17, 15) is 13.2 Å². The van der Waals surface area contributed by atoms with Crippen molar-refractivity contribution in [1.82, 2.24) is 9.55 Å². The summed E-state index contributed by atoms with van der Waals surface area (Å²) in [7, 11) is 0.0207. The largest absolute Gasteiger partial charge is 0.495 e. The summed E-state index contributed by atoms with van der Waals surface area (Å²) < 4.78 is 34.3. The van der Waals surface area contributed by atoms with Crippen molar-refractivity contribution in [3.8, 4) is 5.75 Å². The molecule has 0 unspecified atom stereocenters. The van der Waals surface area contributed by atoms with Crippen molar-refractivity contribution in [1.29, 1.82) is 0 Å². The van der Waals surface area contributed by atoms with Crippen LogP contribution in [-0.4, -0.2) is 36.7 Å². The van der Waals surface area contributed by atoms with Gasteiger partial charge in [-0.3, -0.25) is 14.5 Å². The predicted molar refractivity (Wildman–Crippen MR) is 137 cm³/mol. The average molecular weight is 521 g/mol. The molecule has 0 bridgehead atoms. The zero-order chi connectivity index (χ0) is 24.6. The Bertz CT molecular complexity index is 1510. The van der Waals surface area contributed by atoms with Crippen molar-refractivity contribution in [3.05, 3.63) is 58.3 Å². The lowest BCUT2D eigenvalue weighted by atomic mass is 10.0.